The Morgan fingerprint density at radius 2 is 1.89 bits per heavy atom. The highest BCUT2D eigenvalue weighted by molar-refractivity contribution is 5.32. The van der Waals surface area contributed by atoms with E-state index in [9.17, 15) is 0 Å². The molecule has 0 radical (unpaired) electrons. The molecule has 0 aromatic heterocycles. The maximum Gasteiger partial charge on any atom is 0.00228 e. The SMILES string of the molecule is CCCNCC(c1ccc(C)c(C)c1)C1CCCC1. The number of hydrogen-bond acceptors (Lipinski definition) is 1. The van der Waals surface area contributed by atoms with Crippen LogP contribution in [0.25, 0.3) is 0 Å². The van der Waals surface area contributed by atoms with Gasteiger partial charge >= 0.3 is 0 Å². The average Bonchev–Trinajstić information content (AvgIpc) is 2.92. The fourth-order valence-corrected chi connectivity index (χ4v) is 3.35. The minimum Gasteiger partial charge on any atom is -0.316 e. The Hall–Kier alpha value is -0.820. The number of rotatable bonds is 6. The van der Waals surface area contributed by atoms with E-state index in [-0.39, 0.29) is 0 Å². The van der Waals surface area contributed by atoms with E-state index in [1.807, 2.05) is 0 Å². The Kier molecular flexibility index (Phi) is 5.45. The lowest BCUT2D eigenvalue weighted by Gasteiger charge is -2.25. The fraction of sp³-hybridized carbons (Fsp3) is 0.667. The van der Waals surface area contributed by atoms with E-state index >= 15 is 0 Å². The quantitative estimate of drug-likeness (QED) is 0.738. The van der Waals surface area contributed by atoms with Crippen LogP contribution in [0.3, 0.4) is 0 Å². The number of hydrogen-bond donors (Lipinski definition) is 1. The van der Waals surface area contributed by atoms with Gasteiger partial charge in [0.1, 0.15) is 0 Å². The Balaban J connectivity index is 2.12. The first kappa shape index (κ1) is 14.6. The largest absolute Gasteiger partial charge is 0.316 e. The Morgan fingerprint density at radius 3 is 2.53 bits per heavy atom. The van der Waals surface area contributed by atoms with E-state index in [0.29, 0.717) is 5.92 Å². The van der Waals surface area contributed by atoms with Gasteiger partial charge in [-0.2, -0.15) is 0 Å². The van der Waals surface area contributed by atoms with Crippen LogP contribution in [0.2, 0.25) is 0 Å². The van der Waals surface area contributed by atoms with Crippen LogP contribution in [0.5, 0.6) is 0 Å². The lowest BCUT2D eigenvalue weighted by molar-refractivity contribution is 0.411. The van der Waals surface area contributed by atoms with E-state index in [2.05, 4.69) is 44.3 Å². The van der Waals surface area contributed by atoms with Gasteiger partial charge in [-0.15, -0.1) is 0 Å². The molecule has 1 aromatic carbocycles. The molecule has 1 heteroatoms. The zero-order valence-corrected chi connectivity index (χ0v) is 12.8. The predicted molar refractivity (Wildman–Crippen MR) is 83.8 cm³/mol. The molecule has 0 amide bonds. The van der Waals surface area contributed by atoms with Crippen molar-refractivity contribution in [1.82, 2.24) is 5.32 Å². The molecule has 2 rings (SSSR count). The maximum absolute atomic E-state index is 3.64. The summed E-state index contributed by atoms with van der Waals surface area (Å²) in [6, 6.07) is 7.08. The van der Waals surface area contributed by atoms with Crippen molar-refractivity contribution in [3.05, 3.63) is 34.9 Å². The monoisotopic (exact) mass is 259 g/mol. The molecule has 1 aliphatic rings. The third-order valence-corrected chi connectivity index (χ3v) is 4.72. The zero-order chi connectivity index (χ0) is 13.7. The highest BCUT2D eigenvalue weighted by Gasteiger charge is 2.26. The van der Waals surface area contributed by atoms with E-state index in [1.165, 1.54) is 43.2 Å². The Labute approximate surface area is 118 Å². The lowest BCUT2D eigenvalue weighted by Crippen LogP contribution is -2.26. The van der Waals surface area contributed by atoms with Crippen LogP contribution in [0, 0.1) is 19.8 Å². The molecule has 1 nitrogen and oxygen atoms in total. The molecule has 1 unspecified atom stereocenters. The molecule has 1 saturated carbocycles. The number of aryl methyl sites for hydroxylation is 2. The van der Waals surface area contributed by atoms with Crippen molar-refractivity contribution in [3.8, 4) is 0 Å². The smallest absolute Gasteiger partial charge is 0.00228 e. The van der Waals surface area contributed by atoms with Crippen LogP contribution < -0.4 is 5.32 Å². The third kappa shape index (κ3) is 3.82. The predicted octanol–water partition coefficient (Wildman–Crippen LogP) is 4.58. The molecule has 19 heavy (non-hydrogen) atoms. The molecule has 1 aliphatic carbocycles. The summed E-state index contributed by atoms with van der Waals surface area (Å²) in [5, 5.41) is 3.64. The highest BCUT2D eigenvalue weighted by Crippen LogP contribution is 2.37. The molecule has 0 aliphatic heterocycles. The molecule has 0 spiro atoms. The van der Waals surface area contributed by atoms with Crippen LogP contribution in [-0.2, 0) is 0 Å². The summed E-state index contributed by atoms with van der Waals surface area (Å²) in [5.74, 6) is 1.61. The van der Waals surface area contributed by atoms with E-state index in [4.69, 9.17) is 0 Å². The van der Waals surface area contributed by atoms with Crippen molar-refractivity contribution < 1.29 is 0 Å². The molecule has 106 valence electrons. The second kappa shape index (κ2) is 7.09. The summed E-state index contributed by atoms with van der Waals surface area (Å²) in [4.78, 5) is 0. The van der Waals surface area contributed by atoms with Gasteiger partial charge in [-0.25, -0.2) is 0 Å². The van der Waals surface area contributed by atoms with Crippen LogP contribution >= 0.6 is 0 Å². The molecule has 0 saturated heterocycles. The zero-order valence-electron chi connectivity index (χ0n) is 12.8. The topological polar surface area (TPSA) is 12.0 Å². The number of benzene rings is 1. The van der Waals surface area contributed by atoms with Crippen molar-refractivity contribution in [2.45, 2.75) is 58.8 Å². The van der Waals surface area contributed by atoms with Gasteiger partial charge in [-0.3, -0.25) is 0 Å². The minimum atomic E-state index is 0.716. The molecule has 0 heterocycles. The molecule has 1 atom stereocenters. The van der Waals surface area contributed by atoms with Gasteiger partial charge < -0.3 is 5.32 Å². The van der Waals surface area contributed by atoms with E-state index in [1.54, 1.807) is 5.56 Å². The van der Waals surface area contributed by atoms with Crippen molar-refractivity contribution >= 4 is 0 Å². The molecule has 1 aromatic rings. The van der Waals surface area contributed by atoms with Gasteiger partial charge in [0.25, 0.3) is 0 Å². The highest BCUT2D eigenvalue weighted by atomic mass is 14.9. The summed E-state index contributed by atoms with van der Waals surface area (Å²) in [6.45, 7) is 8.99. The van der Waals surface area contributed by atoms with E-state index in [0.717, 1.165) is 19.0 Å². The molecular formula is C18H29N. The fourth-order valence-electron chi connectivity index (χ4n) is 3.35. The Bertz CT molecular complexity index is 391. The summed E-state index contributed by atoms with van der Waals surface area (Å²) in [7, 11) is 0. The van der Waals surface area contributed by atoms with Crippen molar-refractivity contribution in [1.29, 1.82) is 0 Å². The third-order valence-electron chi connectivity index (χ3n) is 4.72. The van der Waals surface area contributed by atoms with Gasteiger partial charge in [-0.05, 0) is 68.2 Å². The maximum atomic E-state index is 3.64. The molecule has 1 fully saturated rings. The second-order valence-corrected chi connectivity index (χ2v) is 6.20. The summed E-state index contributed by atoms with van der Waals surface area (Å²) >= 11 is 0. The van der Waals surface area contributed by atoms with Crippen LogP contribution in [0.1, 0.15) is 61.6 Å². The summed E-state index contributed by atoms with van der Waals surface area (Å²) < 4.78 is 0. The minimum absolute atomic E-state index is 0.716. The van der Waals surface area contributed by atoms with Gasteiger partial charge in [0, 0.05) is 6.54 Å². The van der Waals surface area contributed by atoms with Gasteiger partial charge in [-0.1, -0.05) is 38.0 Å². The number of nitrogens with one attached hydrogen (secondary N) is 1. The van der Waals surface area contributed by atoms with Crippen LogP contribution in [0.4, 0.5) is 0 Å². The van der Waals surface area contributed by atoms with Gasteiger partial charge in [0.2, 0.25) is 0 Å². The first-order chi connectivity index (χ1) is 9.22. The molecule has 1 N–H and O–H groups in total. The summed E-state index contributed by atoms with van der Waals surface area (Å²) in [5.41, 5.74) is 4.41. The lowest BCUT2D eigenvalue weighted by atomic mass is 9.83. The van der Waals surface area contributed by atoms with E-state index < -0.39 is 0 Å². The summed E-state index contributed by atoms with van der Waals surface area (Å²) in [6.07, 6.45) is 6.93. The molecular weight excluding hydrogens is 230 g/mol. The van der Waals surface area contributed by atoms with Crippen LogP contribution in [-0.4, -0.2) is 13.1 Å². The second-order valence-electron chi connectivity index (χ2n) is 6.20. The van der Waals surface area contributed by atoms with Gasteiger partial charge in [0.15, 0.2) is 0 Å². The Morgan fingerprint density at radius 1 is 1.16 bits per heavy atom. The standard InChI is InChI=1S/C18H29N/c1-4-11-19-13-18(16-7-5-6-8-16)17-10-9-14(2)15(3)12-17/h9-10,12,16,18-19H,4-8,11,13H2,1-3H3. The van der Waals surface area contributed by atoms with Crippen molar-refractivity contribution in [2.75, 3.05) is 13.1 Å². The molecule has 0 bridgehead atoms. The van der Waals surface area contributed by atoms with Crippen molar-refractivity contribution in [3.63, 3.8) is 0 Å². The van der Waals surface area contributed by atoms with Crippen LogP contribution in [0.15, 0.2) is 18.2 Å². The normalized spacial score (nSPS) is 17.8. The van der Waals surface area contributed by atoms with Gasteiger partial charge in [0.05, 0.1) is 0 Å². The first-order valence-electron chi connectivity index (χ1n) is 8.00. The first-order valence-corrected chi connectivity index (χ1v) is 8.00. The van der Waals surface area contributed by atoms with Crippen molar-refractivity contribution in [2.24, 2.45) is 5.92 Å². The average molecular weight is 259 g/mol.